The lowest BCUT2D eigenvalue weighted by molar-refractivity contribution is -0.141. The molecule has 1 heterocycles. The molecule has 2 rings (SSSR count). The van der Waals surface area contributed by atoms with Crippen LogP contribution < -0.4 is 0 Å². The second kappa shape index (κ2) is 7.20. The molecule has 1 aliphatic heterocycles. The Balaban J connectivity index is 2.14. The normalized spacial score (nSPS) is 17.1. The molecular weight excluding hydrogens is 371 g/mol. The number of rotatable bonds is 4. The van der Waals surface area contributed by atoms with Gasteiger partial charge in [0.1, 0.15) is 4.90 Å². The van der Waals surface area contributed by atoms with Crippen LogP contribution in [0.2, 0.25) is 10.0 Å². The van der Waals surface area contributed by atoms with Crippen LogP contribution in [-0.2, 0) is 14.8 Å². The summed E-state index contributed by atoms with van der Waals surface area (Å²) in [6.45, 7) is 7.03. The summed E-state index contributed by atoms with van der Waals surface area (Å²) < 4.78 is 26.9. The Morgan fingerprint density at radius 1 is 1.17 bits per heavy atom. The second-order valence-electron chi connectivity index (χ2n) is 6.51. The molecular formula is C16H22Cl2N2O3S. The van der Waals surface area contributed by atoms with Gasteiger partial charge in [-0.05, 0) is 24.6 Å². The summed E-state index contributed by atoms with van der Waals surface area (Å²) in [5.74, 6) is 0.0582. The van der Waals surface area contributed by atoms with Gasteiger partial charge in [0.25, 0.3) is 0 Å². The van der Waals surface area contributed by atoms with Crippen LogP contribution in [0.1, 0.15) is 27.2 Å². The van der Waals surface area contributed by atoms with Crippen molar-refractivity contribution in [2.75, 3.05) is 26.2 Å². The monoisotopic (exact) mass is 392 g/mol. The van der Waals surface area contributed by atoms with Crippen LogP contribution in [0, 0.1) is 5.41 Å². The van der Waals surface area contributed by atoms with Crippen LogP contribution in [0.5, 0.6) is 0 Å². The van der Waals surface area contributed by atoms with E-state index in [0.29, 0.717) is 18.1 Å². The number of benzene rings is 1. The molecule has 0 spiro atoms. The minimum Gasteiger partial charge on any atom is -0.340 e. The van der Waals surface area contributed by atoms with Gasteiger partial charge in [-0.3, -0.25) is 4.79 Å². The van der Waals surface area contributed by atoms with Gasteiger partial charge in [-0.2, -0.15) is 4.31 Å². The number of amides is 1. The standard InChI is InChI=1S/C16H22Cl2N2O3S/c1-4-16(2,3)15(21)19-7-9-20(10-8-19)24(22,23)14-11-12(17)5-6-13(14)18/h5-6,11H,4,7-10H2,1-3H3. The number of hydrogen-bond donors (Lipinski definition) is 0. The van der Waals surface area contributed by atoms with E-state index >= 15 is 0 Å². The first-order valence-corrected chi connectivity index (χ1v) is 10.0. The summed E-state index contributed by atoms with van der Waals surface area (Å²) in [6, 6.07) is 4.38. The van der Waals surface area contributed by atoms with E-state index in [1.807, 2.05) is 20.8 Å². The highest BCUT2D eigenvalue weighted by Crippen LogP contribution is 2.29. The van der Waals surface area contributed by atoms with Crippen LogP contribution >= 0.6 is 23.2 Å². The summed E-state index contributed by atoms with van der Waals surface area (Å²) in [6.07, 6.45) is 0.739. The van der Waals surface area contributed by atoms with Crippen molar-refractivity contribution in [3.05, 3.63) is 28.2 Å². The minimum atomic E-state index is -3.73. The van der Waals surface area contributed by atoms with Crippen LogP contribution in [0.4, 0.5) is 0 Å². The number of carbonyl (C=O) groups excluding carboxylic acids is 1. The maximum absolute atomic E-state index is 12.8. The molecule has 1 fully saturated rings. The van der Waals surface area contributed by atoms with E-state index in [1.165, 1.54) is 16.4 Å². The molecule has 1 saturated heterocycles. The Labute approximate surface area is 153 Å². The van der Waals surface area contributed by atoms with Crippen molar-refractivity contribution >= 4 is 39.1 Å². The summed E-state index contributed by atoms with van der Waals surface area (Å²) >= 11 is 11.9. The molecule has 24 heavy (non-hydrogen) atoms. The van der Waals surface area contributed by atoms with E-state index < -0.39 is 15.4 Å². The highest BCUT2D eigenvalue weighted by molar-refractivity contribution is 7.89. The molecule has 1 aromatic carbocycles. The lowest BCUT2D eigenvalue weighted by Gasteiger charge is -2.37. The topological polar surface area (TPSA) is 57.7 Å². The van der Waals surface area contributed by atoms with E-state index in [0.717, 1.165) is 6.42 Å². The molecule has 1 aromatic rings. The maximum atomic E-state index is 12.8. The number of halogens is 2. The van der Waals surface area contributed by atoms with Crippen molar-refractivity contribution in [2.45, 2.75) is 32.1 Å². The third-order valence-electron chi connectivity index (χ3n) is 4.50. The molecule has 0 saturated carbocycles. The molecule has 8 heteroatoms. The second-order valence-corrected chi connectivity index (χ2v) is 9.26. The molecule has 0 aromatic heterocycles. The lowest BCUT2D eigenvalue weighted by atomic mass is 9.88. The quantitative estimate of drug-likeness (QED) is 0.789. The van der Waals surface area contributed by atoms with Crippen LogP contribution in [0.3, 0.4) is 0 Å². The van der Waals surface area contributed by atoms with Crippen molar-refractivity contribution < 1.29 is 13.2 Å². The van der Waals surface area contributed by atoms with Gasteiger partial charge in [0.2, 0.25) is 15.9 Å². The fraction of sp³-hybridized carbons (Fsp3) is 0.562. The smallest absolute Gasteiger partial charge is 0.244 e. The minimum absolute atomic E-state index is 0.00494. The molecule has 5 nitrogen and oxygen atoms in total. The van der Waals surface area contributed by atoms with Crippen molar-refractivity contribution in [3.63, 3.8) is 0 Å². The van der Waals surface area contributed by atoms with E-state index in [-0.39, 0.29) is 28.9 Å². The first-order valence-electron chi connectivity index (χ1n) is 7.84. The molecule has 1 aliphatic rings. The summed E-state index contributed by atoms with van der Waals surface area (Å²) in [5, 5.41) is 0.460. The van der Waals surface area contributed by atoms with Crippen LogP contribution in [0.15, 0.2) is 23.1 Å². The Bertz CT molecular complexity index is 727. The fourth-order valence-electron chi connectivity index (χ4n) is 2.52. The summed E-state index contributed by atoms with van der Waals surface area (Å²) in [4.78, 5) is 14.2. The van der Waals surface area contributed by atoms with Gasteiger partial charge in [-0.15, -0.1) is 0 Å². The van der Waals surface area contributed by atoms with Crippen molar-refractivity contribution in [3.8, 4) is 0 Å². The van der Waals surface area contributed by atoms with E-state index in [4.69, 9.17) is 23.2 Å². The van der Waals surface area contributed by atoms with Gasteiger partial charge in [0.05, 0.1) is 5.02 Å². The first-order chi connectivity index (χ1) is 11.1. The predicted molar refractivity (Wildman–Crippen MR) is 95.9 cm³/mol. The SMILES string of the molecule is CCC(C)(C)C(=O)N1CCN(S(=O)(=O)c2cc(Cl)ccc2Cl)CC1. The molecule has 0 atom stereocenters. The highest BCUT2D eigenvalue weighted by atomic mass is 35.5. The van der Waals surface area contributed by atoms with Crippen LogP contribution in [-0.4, -0.2) is 49.7 Å². The van der Waals surface area contributed by atoms with Gasteiger partial charge in [-0.1, -0.05) is 44.0 Å². The van der Waals surface area contributed by atoms with E-state index in [1.54, 1.807) is 11.0 Å². The van der Waals surface area contributed by atoms with Crippen LogP contribution in [0.25, 0.3) is 0 Å². The van der Waals surface area contributed by atoms with Gasteiger partial charge >= 0.3 is 0 Å². The molecule has 134 valence electrons. The number of piperazine rings is 1. The van der Waals surface area contributed by atoms with Crippen molar-refractivity contribution in [2.24, 2.45) is 5.41 Å². The Morgan fingerprint density at radius 2 is 1.75 bits per heavy atom. The van der Waals surface area contributed by atoms with Gasteiger partial charge in [0, 0.05) is 36.6 Å². The van der Waals surface area contributed by atoms with Crippen molar-refractivity contribution in [1.29, 1.82) is 0 Å². The van der Waals surface area contributed by atoms with Gasteiger partial charge in [-0.25, -0.2) is 8.42 Å². The molecule has 0 N–H and O–H groups in total. The third kappa shape index (κ3) is 3.87. The Hall–Kier alpha value is -0.820. The molecule has 1 amide bonds. The lowest BCUT2D eigenvalue weighted by Crippen LogP contribution is -2.53. The number of nitrogens with zero attached hydrogens (tertiary/aromatic N) is 2. The summed E-state index contributed by atoms with van der Waals surface area (Å²) in [7, 11) is -3.73. The van der Waals surface area contributed by atoms with E-state index in [9.17, 15) is 13.2 Å². The first kappa shape index (κ1) is 19.5. The van der Waals surface area contributed by atoms with Gasteiger partial charge in [0.15, 0.2) is 0 Å². The molecule has 0 radical (unpaired) electrons. The predicted octanol–water partition coefficient (Wildman–Crippen LogP) is 3.26. The zero-order valence-corrected chi connectivity index (χ0v) is 16.4. The zero-order valence-electron chi connectivity index (χ0n) is 14.1. The fourth-order valence-corrected chi connectivity index (χ4v) is 4.68. The molecule has 0 aliphatic carbocycles. The van der Waals surface area contributed by atoms with E-state index in [2.05, 4.69) is 0 Å². The maximum Gasteiger partial charge on any atom is 0.244 e. The molecule has 0 bridgehead atoms. The zero-order chi connectivity index (χ0) is 18.1. The van der Waals surface area contributed by atoms with Gasteiger partial charge < -0.3 is 4.90 Å². The third-order valence-corrected chi connectivity index (χ3v) is 7.12. The largest absolute Gasteiger partial charge is 0.340 e. The van der Waals surface area contributed by atoms with Crippen molar-refractivity contribution in [1.82, 2.24) is 9.21 Å². The number of sulfonamides is 1. The average Bonchev–Trinajstić information content (AvgIpc) is 2.56. The Kier molecular flexibility index (Phi) is 5.85. The number of hydrogen-bond acceptors (Lipinski definition) is 3. The Morgan fingerprint density at radius 3 is 2.29 bits per heavy atom. The number of carbonyl (C=O) groups is 1. The summed E-state index contributed by atoms with van der Waals surface area (Å²) in [5.41, 5.74) is -0.433. The highest BCUT2D eigenvalue weighted by Gasteiger charge is 2.35. The average molecular weight is 393 g/mol. The molecule has 0 unspecified atom stereocenters.